The van der Waals surface area contributed by atoms with E-state index in [0.29, 0.717) is 16.3 Å². The van der Waals surface area contributed by atoms with Crippen LogP contribution in [0.2, 0.25) is 5.02 Å². The van der Waals surface area contributed by atoms with Crippen LogP contribution in [0.25, 0.3) is 0 Å². The van der Waals surface area contributed by atoms with Gasteiger partial charge < -0.3 is 15.1 Å². The largest absolute Gasteiger partial charge is 0.339 e. The Kier molecular flexibility index (Phi) is 6.25. The predicted octanol–water partition coefficient (Wildman–Crippen LogP) is 5.11. The van der Waals surface area contributed by atoms with E-state index in [1.165, 1.54) is 0 Å². The molecular weight excluding hydrogens is 374 g/mol. The van der Waals surface area contributed by atoms with Crippen molar-refractivity contribution in [2.75, 3.05) is 25.5 Å². The Morgan fingerprint density at radius 2 is 1.75 bits per heavy atom. The Balaban J connectivity index is 1.79. The number of carbonyl (C=O) groups excluding carboxylic acids is 2. The average Bonchev–Trinajstić information content (AvgIpc) is 3.23. The fourth-order valence-corrected chi connectivity index (χ4v) is 3.56. The number of benzene rings is 2. The summed E-state index contributed by atoms with van der Waals surface area (Å²) >= 11 is 5.96. The predicted molar refractivity (Wildman–Crippen MR) is 113 cm³/mol. The molecule has 0 radical (unpaired) electrons. The van der Waals surface area contributed by atoms with Crippen LogP contribution >= 0.6 is 11.6 Å². The van der Waals surface area contributed by atoms with Crippen molar-refractivity contribution in [1.29, 1.82) is 0 Å². The molecular formula is C22H26ClN3O2. The minimum Gasteiger partial charge on any atom is -0.339 e. The van der Waals surface area contributed by atoms with Crippen LogP contribution in [0, 0.1) is 6.92 Å². The summed E-state index contributed by atoms with van der Waals surface area (Å²) in [5, 5.41) is 3.62. The maximum absolute atomic E-state index is 12.9. The minimum absolute atomic E-state index is 0.0232. The van der Waals surface area contributed by atoms with Gasteiger partial charge in [0.15, 0.2) is 0 Å². The first-order valence-corrected chi connectivity index (χ1v) is 9.94. The van der Waals surface area contributed by atoms with Crippen LogP contribution in [0.4, 0.5) is 10.5 Å². The van der Waals surface area contributed by atoms with Gasteiger partial charge in [-0.1, -0.05) is 35.9 Å². The molecule has 3 rings (SSSR count). The molecule has 0 spiro atoms. The van der Waals surface area contributed by atoms with Crippen LogP contribution in [0.3, 0.4) is 0 Å². The van der Waals surface area contributed by atoms with Crippen molar-refractivity contribution in [1.82, 2.24) is 9.80 Å². The molecule has 2 aromatic rings. The number of urea groups is 1. The van der Waals surface area contributed by atoms with E-state index in [1.807, 2.05) is 55.1 Å². The van der Waals surface area contributed by atoms with Crippen molar-refractivity contribution < 1.29 is 9.59 Å². The Labute approximate surface area is 171 Å². The second-order valence-corrected chi connectivity index (χ2v) is 7.70. The topological polar surface area (TPSA) is 52.7 Å². The van der Waals surface area contributed by atoms with Gasteiger partial charge in [0, 0.05) is 25.2 Å². The first kappa shape index (κ1) is 20.2. The molecule has 0 aliphatic carbocycles. The first-order valence-electron chi connectivity index (χ1n) is 9.56. The third-order valence-corrected chi connectivity index (χ3v) is 5.63. The second kappa shape index (κ2) is 8.65. The normalized spacial score (nSPS) is 14.6. The average molecular weight is 400 g/mol. The maximum Gasteiger partial charge on any atom is 0.322 e. The van der Waals surface area contributed by atoms with Gasteiger partial charge in [0.05, 0.1) is 17.3 Å². The molecule has 1 N–H and O–H groups in total. The number of amides is 3. The zero-order chi connectivity index (χ0) is 20.3. The lowest BCUT2D eigenvalue weighted by Gasteiger charge is -2.27. The van der Waals surface area contributed by atoms with Crippen LogP contribution in [0.5, 0.6) is 0 Å². The Morgan fingerprint density at radius 1 is 1.11 bits per heavy atom. The molecule has 1 aliphatic heterocycles. The van der Waals surface area contributed by atoms with E-state index < -0.39 is 0 Å². The van der Waals surface area contributed by atoms with E-state index in [2.05, 4.69) is 5.32 Å². The summed E-state index contributed by atoms with van der Waals surface area (Å²) in [6.45, 7) is 5.40. The Hall–Kier alpha value is -2.53. The van der Waals surface area contributed by atoms with Gasteiger partial charge in [0.1, 0.15) is 0 Å². The number of hydrogen-bond acceptors (Lipinski definition) is 2. The molecule has 3 amide bonds. The number of nitrogens with zero attached hydrogens (tertiary/aromatic N) is 2. The van der Waals surface area contributed by atoms with Gasteiger partial charge in [0.2, 0.25) is 0 Å². The summed E-state index contributed by atoms with van der Waals surface area (Å²) < 4.78 is 0. The van der Waals surface area contributed by atoms with E-state index >= 15 is 0 Å². The highest BCUT2D eigenvalue weighted by atomic mass is 35.5. The quantitative estimate of drug-likeness (QED) is 0.776. The van der Waals surface area contributed by atoms with E-state index in [4.69, 9.17) is 11.6 Å². The third kappa shape index (κ3) is 4.30. The van der Waals surface area contributed by atoms with E-state index in [1.54, 1.807) is 18.0 Å². The van der Waals surface area contributed by atoms with Crippen molar-refractivity contribution in [2.45, 2.75) is 32.7 Å². The van der Waals surface area contributed by atoms with Crippen molar-refractivity contribution >= 4 is 29.2 Å². The zero-order valence-electron chi connectivity index (χ0n) is 16.5. The molecule has 28 heavy (non-hydrogen) atoms. The molecule has 148 valence electrons. The molecule has 1 heterocycles. The Bertz CT molecular complexity index is 861. The number of para-hydroxylation sites is 1. The van der Waals surface area contributed by atoms with Gasteiger partial charge in [-0.25, -0.2) is 4.79 Å². The highest BCUT2D eigenvalue weighted by Crippen LogP contribution is 2.26. The highest BCUT2D eigenvalue weighted by Gasteiger charge is 2.25. The number of carbonyl (C=O) groups is 2. The molecule has 0 bridgehead atoms. The van der Waals surface area contributed by atoms with Crippen LogP contribution in [-0.2, 0) is 0 Å². The summed E-state index contributed by atoms with van der Waals surface area (Å²) in [5.41, 5.74) is 2.98. The van der Waals surface area contributed by atoms with E-state index in [9.17, 15) is 9.59 Å². The van der Waals surface area contributed by atoms with Crippen LogP contribution in [-0.4, -0.2) is 41.9 Å². The lowest BCUT2D eigenvalue weighted by Crippen LogP contribution is -2.35. The summed E-state index contributed by atoms with van der Waals surface area (Å²) in [6.07, 6.45) is 2.06. The maximum atomic E-state index is 12.9. The van der Waals surface area contributed by atoms with Crippen molar-refractivity contribution in [3.8, 4) is 0 Å². The fraction of sp³-hybridized carbons (Fsp3) is 0.364. The van der Waals surface area contributed by atoms with Gasteiger partial charge in [-0.05, 0) is 56.0 Å². The smallest absolute Gasteiger partial charge is 0.322 e. The van der Waals surface area contributed by atoms with Crippen LogP contribution in [0.15, 0.2) is 42.5 Å². The number of hydrogen-bond donors (Lipinski definition) is 1. The van der Waals surface area contributed by atoms with Gasteiger partial charge in [0.25, 0.3) is 5.91 Å². The molecule has 1 saturated heterocycles. The van der Waals surface area contributed by atoms with Crippen molar-refractivity contribution in [2.24, 2.45) is 0 Å². The lowest BCUT2D eigenvalue weighted by molar-refractivity contribution is 0.0793. The number of rotatable bonds is 4. The minimum atomic E-state index is -0.257. The molecule has 1 fully saturated rings. The first-order chi connectivity index (χ1) is 13.4. The zero-order valence-corrected chi connectivity index (χ0v) is 17.3. The monoisotopic (exact) mass is 399 g/mol. The van der Waals surface area contributed by atoms with Gasteiger partial charge in [-0.2, -0.15) is 0 Å². The van der Waals surface area contributed by atoms with Crippen LogP contribution < -0.4 is 5.32 Å². The SMILES string of the molecule is Cc1cccc(C(=O)N2CCCC2)c1NC(=O)N(C)C(C)c1ccc(Cl)cc1. The number of aryl methyl sites for hydroxylation is 1. The summed E-state index contributed by atoms with van der Waals surface area (Å²) in [6, 6.07) is 12.6. The number of anilines is 1. The standard InChI is InChI=1S/C22H26ClN3O2/c1-15-7-6-8-19(21(27)26-13-4-5-14-26)20(15)24-22(28)25(3)16(2)17-9-11-18(23)12-10-17/h6-12,16H,4-5,13-14H2,1-3H3,(H,24,28). The molecule has 1 unspecified atom stereocenters. The van der Waals surface area contributed by atoms with Gasteiger partial charge in [-0.3, -0.25) is 4.79 Å². The molecule has 0 aromatic heterocycles. The highest BCUT2D eigenvalue weighted by molar-refractivity contribution is 6.30. The van der Waals surface area contributed by atoms with Crippen molar-refractivity contribution in [3.63, 3.8) is 0 Å². The summed E-state index contributed by atoms with van der Waals surface area (Å²) in [5.74, 6) is -0.0232. The molecule has 2 aromatic carbocycles. The number of halogens is 1. The Morgan fingerprint density at radius 3 is 2.39 bits per heavy atom. The summed E-state index contributed by atoms with van der Waals surface area (Å²) in [7, 11) is 1.74. The summed E-state index contributed by atoms with van der Waals surface area (Å²) in [4.78, 5) is 29.3. The molecule has 6 heteroatoms. The molecule has 1 aliphatic rings. The molecule has 0 saturated carbocycles. The molecule has 1 atom stereocenters. The van der Waals surface area contributed by atoms with E-state index in [-0.39, 0.29) is 18.0 Å². The lowest BCUT2D eigenvalue weighted by atomic mass is 10.1. The third-order valence-electron chi connectivity index (χ3n) is 5.38. The fourth-order valence-electron chi connectivity index (χ4n) is 3.44. The second-order valence-electron chi connectivity index (χ2n) is 7.27. The number of likely N-dealkylation sites (tertiary alicyclic amines) is 1. The van der Waals surface area contributed by atoms with Crippen molar-refractivity contribution in [3.05, 3.63) is 64.2 Å². The molecule has 5 nitrogen and oxygen atoms in total. The number of nitrogens with one attached hydrogen (secondary N) is 1. The van der Waals surface area contributed by atoms with Gasteiger partial charge in [-0.15, -0.1) is 0 Å². The van der Waals surface area contributed by atoms with Crippen LogP contribution in [0.1, 0.15) is 47.3 Å². The van der Waals surface area contributed by atoms with E-state index in [0.717, 1.165) is 37.1 Å². The van der Waals surface area contributed by atoms with Gasteiger partial charge >= 0.3 is 6.03 Å².